The SMILES string of the molecule is COc1cccc(-n2[nH]c(=O)c3c2CCC3)c1. The molecule has 1 aromatic heterocycles. The first-order chi connectivity index (χ1) is 8.29. The number of rotatable bonds is 2. The highest BCUT2D eigenvalue weighted by Crippen LogP contribution is 2.23. The number of fused-ring (bicyclic) bond motifs is 1. The topological polar surface area (TPSA) is 47.0 Å². The molecule has 0 unspecified atom stereocenters. The minimum atomic E-state index is 0.0420. The monoisotopic (exact) mass is 230 g/mol. The van der Waals surface area contributed by atoms with Crippen molar-refractivity contribution in [1.29, 1.82) is 0 Å². The molecule has 0 saturated carbocycles. The van der Waals surface area contributed by atoms with Gasteiger partial charge in [-0.1, -0.05) is 6.07 Å². The van der Waals surface area contributed by atoms with E-state index in [1.807, 2.05) is 28.9 Å². The summed E-state index contributed by atoms with van der Waals surface area (Å²) in [7, 11) is 1.64. The summed E-state index contributed by atoms with van der Waals surface area (Å²) in [5, 5.41) is 2.89. The van der Waals surface area contributed by atoms with Crippen molar-refractivity contribution in [3.8, 4) is 11.4 Å². The summed E-state index contributed by atoms with van der Waals surface area (Å²) in [6.07, 6.45) is 2.92. The molecule has 2 aromatic rings. The summed E-state index contributed by atoms with van der Waals surface area (Å²) >= 11 is 0. The highest BCUT2D eigenvalue weighted by Gasteiger charge is 2.20. The molecule has 1 N–H and O–H groups in total. The molecule has 3 rings (SSSR count). The quantitative estimate of drug-likeness (QED) is 0.853. The molecule has 1 aromatic carbocycles. The standard InChI is InChI=1S/C13H14N2O2/c1-17-10-5-2-4-9(8-10)15-12-7-3-6-11(12)13(16)14-15/h2,4-5,8H,3,6-7H2,1H3,(H,14,16). The summed E-state index contributed by atoms with van der Waals surface area (Å²) in [5.41, 5.74) is 3.04. The highest BCUT2D eigenvalue weighted by atomic mass is 16.5. The lowest BCUT2D eigenvalue weighted by Crippen LogP contribution is -2.08. The number of nitrogens with zero attached hydrogens (tertiary/aromatic N) is 1. The van der Waals surface area contributed by atoms with Gasteiger partial charge in [-0.3, -0.25) is 14.6 Å². The van der Waals surface area contributed by atoms with Gasteiger partial charge in [-0.05, 0) is 31.4 Å². The van der Waals surface area contributed by atoms with Gasteiger partial charge < -0.3 is 4.74 Å². The Labute approximate surface area is 98.8 Å². The van der Waals surface area contributed by atoms with Crippen LogP contribution in [0.5, 0.6) is 5.75 Å². The summed E-state index contributed by atoms with van der Waals surface area (Å²) in [5.74, 6) is 0.795. The number of benzene rings is 1. The normalized spacial score (nSPS) is 13.7. The lowest BCUT2D eigenvalue weighted by molar-refractivity contribution is 0.414. The molecule has 0 bridgehead atoms. The van der Waals surface area contributed by atoms with Crippen molar-refractivity contribution in [1.82, 2.24) is 9.78 Å². The maximum Gasteiger partial charge on any atom is 0.267 e. The molecule has 17 heavy (non-hydrogen) atoms. The zero-order valence-electron chi connectivity index (χ0n) is 9.69. The molecule has 0 radical (unpaired) electrons. The smallest absolute Gasteiger partial charge is 0.267 e. The Morgan fingerprint density at radius 1 is 1.35 bits per heavy atom. The van der Waals surface area contributed by atoms with Gasteiger partial charge in [0.25, 0.3) is 5.56 Å². The molecule has 1 aliphatic rings. The van der Waals surface area contributed by atoms with E-state index in [1.165, 1.54) is 0 Å². The minimum Gasteiger partial charge on any atom is -0.497 e. The van der Waals surface area contributed by atoms with Gasteiger partial charge in [-0.15, -0.1) is 0 Å². The van der Waals surface area contributed by atoms with E-state index in [0.29, 0.717) is 0 Å². The largest absolute Gasteiger partial charge is 0.497 e. The summed E-state index contributed by atoms with van der Waals surface area (Å²) in [6, 6.07) is 7.71. The fourth-order valence-electron chi connectivity index (χ4n) is 2.43. The van der Waals surface area contributed by atoms with Gasteiger partial charge in [0.2, 0.25) is 0 Å². The molecule has 1 aliphatic carbocycles. The van der Waals surface area contributed by atoms with Crippen LogP contribution in [0.2, 0.25) is 0 Å². The Hall–Kier alpha value is -1.97. The first kappa shape index (κ1) is 10.2. The van der Waals surface area contributed by atoms with Crippen molar-refractivity contribution in [3.63, 3.8) is 0 Å². The number of aromatic amines is 1. The first-order valence-electron chi connectivity index (χ1n) is 5.77. The molecule has 4 nitrogen and oxygen atoms in total. The molecule has 88 valence electrons. The van der Waals surface area contributed by atoms with Crippen LogP contribution in [0.4, 0.5) is 0 Å². The van der Waals surface area contributed by atoms with E-state index in [4.69, 9.17) is 4.74 Å². The van der Waals surface area contributed by atoms with E-state index in [1.54, 1.807) is 7.11 Å². The van der Waals surface area contributed by atoms with Crippen LogP contribution in [0.3, 0.4) is 0 Å². The Morgan fingerprint density at radius 3 is 3.06 bits per heavy atom. The van der Waals surface area contributed by atoms with E-state index in [0.717, 1.165) is 42.0 Å². The molecule has 0 spiro atoms. The van der Waals surface area contributed by atoms with E-state index in [2.05, 4.69) is 5.10 Å². The van der Waals surface area contributed by atoms with Crippen molar-refractivity contribution in [3.05, 3.63) is 45.9 Å². The number of hydrogen-bond acceptors (Lipinski definition) is 2. The van der Waals surface area contributed by atoms with Crippen LogP contribution in [0.25, 0.3) is 5.69 Å². The molecular formula is C13H14N2O2. The summed E-state index contributed by atoms with van der Waals surface area (Å²) in [4.78, 5) is 11.8. The maximum absolute atomic E-state index is 11.8. The van der Waals surface area contributed by atoms with Gasteiger partial charge in [0.15, 0.2) is 0 Å². The average molecular weight is 230 g/mol. The molecule has 0 fully saturated rings. The predicted octanol–water partition coefficient (Wildman–Crippen LogP) is 1.66. The Balaban J connectivity index is 2.15. The van der Waals surface area contributed by atoms with Crippen LogP contribution in [-0.4, -0.2) is 16.9 Å². The van der Waals surface area contributed by atoms with E-state index in [9.17, 15) is 4.79 Å². The Kier molecular flexibility index (Phi) is 2.28. The van der Waals surface area contributed by atoms with Gasteiger partial charge in [-0.2, -0.15) is 0 Å². The predicted molar refractivity (Wildman–Crippen MR) is 65.0 cm³/mol. The lowest BCUT2D eigenvalue weighted by Gasteiger charge is -2.08. The Bertz CT molecular complexity index is 610. The van der Waals surface area contributed by atoms with Crippen LogP contribution in [0.1, 0.15) is 17.7 Å². The zero-order chi connectivity index (χ0) is 11.8. The van der Waals surface area contributed by atoms with Crippen molar-refractivity contribution in [2.24, 2.45) is 0 Å². The molecular weight excluding hydrogens is 216 g/mol. The van der Waals surface area contributed by atoms with E-state index >= 15 is 0 Å². The minimum absolute atomic E-state index is 0.0420. The molecule has 1 heterocycles. The summed E-state index contributed by atoms with van der Waals surface area (Å²) in [6.45, 7) is 0. The van der Waals surface area contributed by atoms with Crippen molar-refractivity contribution in [2.75, 3.05) is 7.11 Å². The van der Waals surface area contributed by atoms with Gasteiger partial charge in [0, 0.05) is 17.3 Å². The van der Waals surface area contributed by atoms with E-state index < -0.39 is 0 Å². The third-order valence-corrected chi connectivity index (χ3v) is 3.26. The molecule has 0 amide bonds. The van der Waals surface area contributed by atoms with Gasteiger partial charge in [-0.25, -0.2) is 0 Å². The highest BCUT2D eigenvalue weighted by molar-refractivity contribution is 5.41. The lowest BCUT2D eigenvalue weighted by atomic mass is 10.2. The van der Waals surface area contributed by atoms with Crippen LogP contribution < -0.4 is 10.3 Å². The molecule has 4 heteroatoms. The number of aromatic nitrogens is 2. The van der Waals surface area contributed by atoms with Crippen molar-refractivity contribution >= 4 is 0 Å². The van der Waals surface area contributed by atoms with Crippen LogP contribution in [0.15, 0.2) is 29.1 Å². The van der Waals surface area contributed by atoms with Crippen LogP contribution >= 0.6 is 0 Å². The second-order valence-corrected chi connectivity index (χ2v) is 4.26. The number of hydrogen-bond donors (Lipinski definition) is 1. The third-order valence-electron chi connectivity index (χ3n) is 3.26. The maximum atomic E-state index is 11.8. The molecule has 0 saturated heterocycles. The van der Waals surface area contributed by atoms with Gasteiger partial charge in [0.1, 0.15) is 5.75 Å². The van der Waals surface area contributed by atoms with E-state index in [-0.39, 0.29) is 5.56 Å². The van der Waals surface area contributed by atoms with Crippen molar-refractivity contribution < 1.29 is 4.74 Å². The number of ether oxygens (including phenoxy) is 1. The van der Waals surface area contributed by atoms with Gasteiger partial charge >= 0.3 is 0 Å². The number of H-pyrrole nitrogens is 1. The zero-order valence-corrected chi connectivity index (χ0v) is 9.69. The number of methoxy groups -OCH3 is 1. The third kappa shape index (κ3) is 1.56. The fraction of sp³-hybridized carbons (Fsp3) is 0.308. The molecule has 0 aliphatic heterocycles. The first-order valence-corrected chi connectivity index (χ1v) is 5.77. The van der Waals surface area contributed by atoms with Crippen molar-refractivity contribution in [2.45, 2.75) is 19.3 Å². The average Bonchev–Trinajstić information content (AvgIpc) is 2.94. The number of nitrogens with one attached hydrogen (secondary N) is 1. The summed E-state index contributed by atoms with van der Waals surface area (Å²) < 4.78 is 7.08. The van der Waals surface area contributed by atoms with Gasteiger partial charge in [0.05, 0.1) is 12.8 Å². The Morgan fingerprint density at radius 2 is 2.24 bits per heavy atom. The van der Waals surface area contributed by atoms with Crippen LogP contribution in [0, 0.1) is 0 Å². The second-order valence-electron chi connectivity index (χ2n) is 4.26. The fourth-order valence-corrected chi connectivity index (χ4v) is 2.43. The molecule has 0 atom stereocenters. The van der Waals surface area contributed by atoms with Crippen LogP contribution in [-0.2, 0) is 12.8 Å². The second kappa shape index (κ2) is 3.80.